The van der Waals surface area contributed by atoms with Crippen molar-refractivity contribution in [3.63, 3.8) is 0 Å². The molecule has 2 rings (SSSR count). The molecular weight excluding hydrogens is 260 g/mol. The number of amides is 4. The second-order valence-corrected chi connectivity index (χ2v) is 5.94. The highest BCUT2D eigenvalue weighted by atomic mass is 16.2. The molecule has 2 saturated heterocycles. The van der Waals surface area contributed by atoms with E-state index in [1.54, 1.807) is 4.90 Å². The molecule has 0 aromatic rings. The molecule has 7 nitrogen and oxygen atoms in total. The maximum absolute atomic E-state index is 12.5. The van der Waals surface area contributed by atoms with Crippen LogP contribution in [-0.2, 0) is 9.59 Å². The molecule has 0 radical (unpaired) electrons. The fourth-order valence-corrected chi connectivity index (χ4v) is 2.95. The van der Waals surface area contributed by atoms with Crippen LogP contribution in [0.1, 0.15) is 26.7 Å². The predicted octanol–water partition coefficient (Wildman–Crippen LogP) is -0.582. The number of urea groups is 1. The fraction of sp³-hybridized carbons (Fsp3) is 0.769. The van der Waals surface area contributed by atoms with E-state index < -0.39 is 11.6 Å². The molecule has 4 N–H and O–H groups in total. The molecule has 2 fully saturated rings. The highest BCUT2D eigenvalue weighted by molar-refractivity contribution is 6.07. The summed E-state index contributed by atoms with van der Waals surface area (Å²) in [5.74, 6) is -0.466. The van der Waals surface area contributed by atoms with Gasteiger partial charge in [0.15, 0.2) is 0 Å². The molecule has 1 spiro atoms. The molecule has 0 bridgehead atoms. The Bertz CT molecular complexity index is 437. The quantitative estimate of drug-likeness (QED) is 0.602. The molecule has 2 heterocycles. The Morgan fingerprint density at radius 3 is 2.65 bits per heavy atom. The van der Waals surface area contributed by atoms with E-state index in [1.165, 1.54) is 0 Å². The van der Waals surface area contributed by atoms with Crippen LogP contribution in [0.3, 0.4) is 0 Å². The standard InChI is InChI=1S/C13H22N4O3/c1-8(2)9(6-14)10(18)17-5-3-4-13(7-17)11(19)15-12(20)16-13/h8-9H,3-7,14H2,1-2H3,(H2,15,16,19,20). The molecule has 2 aliphatic rings. The number of nitrogens with two attached hydrogens (primary N) is 1. The van der Waals surface area contributed by atoms with Gasteiger partial charge in [-0.15, -0.1) is 0 Å². The fourth-order valence-electron chi connectivity index (χ4n) is 2.95. The van der Waals surface area contributed by atoms with E-state index in [1.807, 2.05) is 13.8 Å². The summed E-state index contributed by atoms with van der Waals surface area (Å²) in [4.78, 5) is 37.4. The van der Waals surface area contributed by atoms with Gasteiger partial charge in [-0.1, -0.05) is 13.8 Å². The molecule has 0 saturated carbocycles. The Labute approximate surface area is 118 Å². The van der Waals surface area contributed by atoms with Gasteiger partial charge in [-0.25, -0.2) is 4.79 Å². The largest absolute Gasteiger partial charge is 0.340 e. The first kappa shape index (κ1) is 14.8. The average molecular weight is 282 g/mol. The SMILES string of the molecule is CC(C)C(CN)C(=O)N1CCCC2(C1)NC(=O)NC2=O. The first-order chi connectivity index (χ1) is 9.39. The van der Waals surface area contributed by atoms with E-state index in [0.717, 1.165) is 0 Å². The number of rotatable bonds is 3. The van der Waals surface area contributed by atoms with E-state index in [0.29, 0.717) is 25.9 Å². The summed E-state index contributed by atoms with van der Waals surface area (Å²) in [6.45, 7) is 5.04. The van der Waals surface area contributed by atoms with E-state index in [2.05, 4.69) is 10.6 Å². The van der Waals surface area contributed by atoms with E-state index in [4.69, 9.17) is 5.73 Å². The summed E-state index contributed by atoms with van der Waals surface area (Å²) in [6, 6.07) is -0.483. The van der Waals surface area contributed by atoms with Gasteiger partial charge >= 0.3 is 6.03 Å². The van der Waals surface area contributed by atoms with Crippen molar-refractivity contribution in [2.75, 3.05) is 19.6 Å². The second kappa shape index (κ2) is 5.40. The molecule has 4 amide bonds. The van der Waals surface area contributed by atoms with Crippen molar-refractivity contribution in [2.24, 2.45) is 17.6 Å². The first-order valence-corrected chi connectivity index (χ1v) is 7.02. The minimum Gasteiger partial charge on any atom is -0.340 e. The molecular formula is C13H22N4O3. The third kappa shape index (κ3) is 2.49. The number of carbonyl (C=O) groups is 3. The summed E-state index contributed by atoms with van der Waals surface area (Å²) in [5.41, 5.74) is 4.72. The first-order valence-electron chi connectivity index (χ1n) is 7.02. The number of nitrogens with one attached hydrogen (secondary N) is 2. The Hall–Kier alpha value is -1.63. The summed E-state index contributed by atoms with van der Waals surface area (Å²) < 4.78 is 0. The monoisotopic (exact) mass is 282 g/mol. The van der Waals surface area contributed by atoms with Crippen LogP contribution in [0.15, 0.2) is 0 Å². The molecule has 2 atom stereocenters. The number of hydrogen-bond donors (Lipinski definition) is 3. The second-order valence-electron chi connectivity index (χ2n) is 5.94. The van der Waals surface area contributed by atoms with Crippen LogP contribution >= 0.6 is 0 Å². The lowest BCUT2D eigenvalue weighted by Gasteiger charge is -2.39. The number of likely N-dealkylation sites (tertiary alicyclic amines) is 1. The summed E-state index contributed by atoms with van der Waals surface area (Å²) >= 11 is 0. The van der Waals surface area contributed by atoms with Crippen molar-refractivity contribution >= 4 is 17.8 Å². The van der Waals surface area contributed by atoms with Crippen molar-refractivity contribution < 1.29 is 14.4 Å². The van der Waals surface area contributed by atoms with Crippen LogP contribution in [-0.4, -0.2) is 47.9 Å². The maximum atomic E-state index is 12.5. The number of hydrogen-bond acceptors (Lipinski definition) is 4. The minimum absolute atomic E-state index is 0.0319. The normalized spacial score (nSPS) is 27.7. The molecule has 0 aromatic heterocycles. The van der Waals surface area contributed by atoms with Gasteiger partial charge in [0.2, 0.25) is 5.91 Å². The third-order valence-electron chi connectivity index (χ3n) is 4.19. The van der Waals surface area contributed by atoms with Crippen LogP contribution in [0.25, 0.3) is 0 Å². The van der Waals surface area contributed by atoms with Crippen LogP contribution in [0.4, 0.5) is 4.79 Å². The van der Waals surface area contributed by atoms with Crippen molar-refractivity contribution in [3.05, 3.63) is 0 Å². The van der Waals surface area contributed by atoms with Crippen LogP contribution < -0.4 is 16.4 Å². The van der Waals surface area contributed by atoms with Crippen molar-refractivity contribution in [2.45, 2.75) is 32.2 Å². The number of carbonyl (C=O) groups excluding carboxylic acids is 3. The molecule has 20 heavy (non-hydrogen) atoms. The zero-order valence-corrected chi connectivity index (χ0v) is 11.9. The molecule has 112 valence electrons. The van der Waals surface area contributed by atoms with Gasteiger partial charge < -0.3 is 16.0 Å². The zero-order valence-electron chi connectivity index (χ0n) is 11.9. The Kier molecular flexibility index (Phi) is 3.99. The lowest BCUT2D eigenvalue weighted by Crippen LogP contribution is -2.60. The van der Waals surface area contributed by atoms with Crippen molar-refractivity contribution in [1.29, 1.82) is 0 Å². The van der Waals surface area contributed by atoms with Gasteiger partial charge in [0.25, 0.3) is 5.91 Å². The molecule has 0 aromatic carbocycles. The van der Waals surface area contributed by atoms with Gasteiger partial charge in [0.1, 0.15) is 5.54 Å². The summed E-state index contributed by atoms with van der Waals surface area (Å²) in [6.07, 6.45) is 1.25. The van der Waals surface area contributed by atoms with Gasteiger partial charge in [-0.3, -0.25) is 14.9 Å². The lowest BCUT2D eigenvalue weighted by molar-refractivity contribution is -0.140. The number of piperidine rings is 1. The summed E-state index contributed by atoms with van der Waals surface area (Å²) in [7, 11) is 0. The van der Waals surface area contributed by atoms with E-state index in [9.17, 15) is 14.4 Å². The third-order valence-corrected chi connectivity index (χ3v) is 4.19. The average Bonchev–Trinajstić information content (AvgIpc) is 2.64. The maximum Gasteiger partial charge on any atom is 0.322 e. The molecule has 2 unspecified atom stereocenters. The smallest absolute Gasteiger partial charge is 0.322 e. The highest BCUT2D eigenvalue weighted by Gasteiger charge is 2.49. The van der Waals surface area contributed by atoms with Crippen LogP contribution in [0.5, 0.6) is 0 Å². The van der Waals surface area contributed by atoms with Crippen LogP contribution in [0, 0.1) is 11.8 Å². The van der Waals surface area contributed by atoms with Crippen molar-refractivity contribution in [3.8, 4) is 0 Å². The molecule has 7 heteroatoms. The predicted molar refractivity (Wildman–Crippen MR) is 72.6 cm³/mol. The molecule has 2 aliphatic heterocycles. The summed E-state index contributed by atoms with van der Waals surface area (Å²) in [5, 5.41) is 4.92. The number of nitrogens with zero attached hydrogens (tertiary/aromatic N) is 1. The van der Waals surface area contributed by atoms with Crippen LogP contribution in [0.2, 0.25) is 0 Å². The lowest BCUT2D eigenvalue weighted by atomic mass is 9.87. The Morgan fingerprint density at radius 1 is 1.45 bits per heavy atom. The van der Waals surface area contributed by atoms with Gasteiger partial charge in [0.05, 0.1) is 12.5 Å². The van der Waals surface area contributed by atoms with Gasteiger partial charge in [0, 0.05) is 13.1 Å². The topological polar surface area (TPSA) is 105 Å². The zero-order chi connectivity index (χ0) is 14.9. The van der Waals surface area contributed by atoms with Gasteiger partial charge in [-0.2, -0.15) is 0 Å². The van der Waals surface area contributed by atoms with Crippen molar-refractivity contribution in [1.82, 2.24) is 15.5 Å². The van der Waals surface area contributed by atoms with E-state index in [-0.39, 0.29) is 30.2 Å². The Balaban J connectivity index is 2.13. The highest BCUT2D eigenvalue weighted by Crippen LogP contribution is 2.26. The number of imide groups is 1. The Morgan fingerprint density at radius 2 is 2.15 bits per heavy atom. The molecule has 0 aliphatic carbocycles. The van der Waals surface area contributed by atoms with E-state index >= 15 is 0 Å². The minimum atomic E-state index is -0.957. The van der Waals surface area contributed by atoms with Gasteiger partial charge in [-0.05, 0) is 18.8 Å².